The molecule has 3 aromatic rings. The predicted molar refractivity (Wildman–Crippen MR) is 110 cm³/mol. The number of hydrogen-bond acceptors (Lipinski definition) is 5. The number of carbonyl (C=O) groups excluding carboxylic acids is 1. The molecule has 1 amide bonds. The van der Waals surface area contributed by atoms with Crippen molar-refractivity contribution in [1.82, 2.24) is 29.9 Å². The molecule has 0 bridgehead atoms. The van der Waals surface area contributed by atoms with Gasteiger partial charge >= 0.3 is 0 Å². The molecule has 2 aromatic heterocycles. The molecule has 0 spiro atoms. The van der Waals surface area contributed by atoms with E-state index >= 15 is 0 Å². The second-order valence-electron chi connectivity index (χ2n) is 6.97. The Kier molecular flexibility index (Phi) is 6.03. The zero-order chi connectivity index (χ0) is 20.3. The first kappa shape index (κ1) is 19.9. The number of aromatic amines is 1. The van der Waals surface area contributed by atoms with Gasteiger partial charge in [-0.25, -0.2) is 4.68 Å². The van der Waals surface area contributed by atoms with E-state index in [0.717, 1.165) is 5.82 Å². The summed E-state index contributed by atoms with van der Waals surface area (Å²) in [5, 5.41) is 15.3. The number of aromatic nitrogens is 5. The summed E-state index contributed by atoms with van der Waals surface area (Å²) in [4.78, 5) is 25.5. The highest BCUT2D eigenvalue weighted by Gasteiger charge is 2.17. The van der Waals surface area contributed by atoms with Crippen LogP contribution in [0.25, 0.3) is 10.8 Å². The minimum Gasteiger partial charge on any atom is -0.350 e. The van der Waals surface area contributed by atoms with Gasteiger partial charge in [0.2, 0.25) is 0 Å². The molecule has 0 aliphatic rings. The number of H-pyrrole nitrogens is 1. The van der Waals surface area contributed by atoms with Crippen molar-refractivity contribution in [2.24, 2.45) is 5.92 Å². The third-order valence-electron chi connectivity index (χ3n) is 4.41. The molecule has 9 heteroatoms. The Morgan fingerprint density at radius 1 is 1.29 bits per heavy atom. The maximum atomic E-state index is 12.8. The molecule has 28 heavy (non-hydrogen) atoms. The lowest BCUT2D eigenvalue weighted by Gasteiger charge is -2.12. The number of hydrogen-bond donors (Lipinski definition) is 2. The minimum absolute atomic E-state index is 0.181. The number of fused-ring (bicyclic) bond motifs is 1. The Balaban J connectivity index is 1.85. The number of carbonyl (C=O) groups is 1. The van der Waals surface area contributed by atoms with E-state index in [1.54, 1.807) is 24.3 Å². The first-order valence-electron chi connectivity index (χ1n) is 9.34. The molecule has 1 aromatic carbocycles. The lowest BCUT2D eigenvalue weighted by molar-refractivity contribution is 0.0948. The van der Waals surface area contributed by atoms with Crippen LogP contribution in [0.5, 0.6) is 0 Å². The van der Waals surface area contributed by atoms with E-state index in [-0.39, 0.29) is 23.1 Å². The summed E-state index contributed by atoms with van der Waals surface area (Å²) in [6.45, 7) is 7.55. The standard InChI is InChI=1S/C19H24N6O2S/c1-4-24-15(21-22-19(24)28)9-10-20-17(26)16-13-7-5-6-8-14(13)18(27)25(23-16)11-12(2)3/h5-8,12H,4,9-11H2,1-3H3,(H,20,26)(H,22,28). The Morgan fingerprint density at radius 3 is 2.68 bits per heavy atom. The Hall–Kier alpha value is -2.81. The summed E-state index contributed by atoms with van der Waals surface area (Å²) in [6, 6.07) is 7.07. The summed E-state index contributed by atoms with van der Waals surface area (Å²) >= 11 is 5.18. The third kappa shape index (κ3) is 4.04. The fourth-order valence-corrected chi connectivity index (χ4v) is 3.39. The molecule has 148 valence electrons. The molecular weight excluding hydrogens is 376 g/mol. The Bertz CT molecular complexity index is 1110. The van der Waals surface area contributed by atoms with Crippen molar-refractivity contribution in [1.29, 1.82) is 0 Å². The fourth-order valence-electron chi connectivity index (χ4n) is 3.11. The SMILES string of the molecule is CCn1c(CCNC(=O)c2nn(CC(C)C)c(=O)c3ccccc23)n[nH]c1=S. The zero-order valence-corrected chi connectivity index (χ0v) is 17.0. The minimum atomic E-state index is -0.314. The summed E-state index contributed by atoms with van der Waals surface area (Å²) in [5.74, 6) is 0.709. The van der Waals surface area contributed by atoms with Crippen LogP contribution < -0.4 is 10.9 Å². The third-order valence-corrected chi connectivity index (χ3v) is 4.72. The fraction of sp³-hybridized carbons (Fsp3) is 0.421. The van der Waals surface area contributed by atoms with Crippen molar-refractivity contribution in [3.8, 4) is 0 Å². The molecule has 0 saturated heterocycles. The first-order chi connectivity index (χ1) is 13.4. The zero-order valence-electron chi connectivity index (χ0n) is 16.2. The van der Waals surface area contributed by atoms with Crippen LogP contribution in [0.15, 0.2) is 29.1 Å². The van der Waals surface area contributed by atoms with Gasteiger partial charge in [0.05, 0.1) is 5.39 Å². The number of benzene rings is 1. The van der Waals surface area contributed by atoms with Crippen LogP contribution in [0, 0.1) is 10.7 Å². The molecular formula is C19H24N6O2S. The summed E-state index contributed by atoms with van der Waals surface area (Å²) < 4.78 is 3.83. The van der Waals surface area contributed by atoms with Crippen LogP contribution in [-0.4, -0.2) is 37.0 Å². The van der Waals surface area contributed by atoms with Gasteiger partial charge in [-0.2, -0.15) is 10.2 Å². The number of nitrogens with one attached hydrogen (secondary N) is 2. The molecule has 0 atom stereocenters. The van der Waals surface area contributed by atoms with Gasteiger partial charge in [-0.05, 0) is 31.1 Å². The monoisotopic (exact) mass is 400 g/mol. The maximum absolute atomic E-state index is 12.8. The maximum Gasteiger partial charge on any atom is 0.274 e. The van der Waals surface area contributed by atoms with Crippen molar-refractivity contribution in [3.63, 3.8) is 0 Å². The molecule has 2 N–H and O–H groups in total. The highest BCUT2D eigenvalue weighted by Crippen LogP contribution is 2.14. The quantitative estimate of drug-likeness (QED) is 0.593. The molecule has 0 fully saturated rings. The van der Waals surface area contributed by atoms with Crippen LogP contribution in [0.3, 0.4) is 0 Å². The van der Waals surface area contributed by atoms with Crippen LogP contribution >= 0.6 is 12.2 Å². The van der Waals surface area contributed by atoms with Gasteiger partial charge in [0, 0.05) is 31.4 Å². The van der Waals surface area contributed by atoms with Crippen molar-refractivity contribution >= 4 is 28.9 Å². The van der Waals surface area contributed by atoms with Crippen LogP contribution in [0.1, 0.15) is 37.1 Å². The van der Waals surface area contributed by atoms with E-state index in [9.17, 15) is 9.59 Å². The molecule has 8 nitrogen and oxygen atoms in total. The molecule has 2 heterocycles. The van der Waals surface area contributed by atoms with Gasteiger partial charge in [-0.3, -0.25) is 14.7 Å². The molecule has 0 unspecified atom stereocenters. The largest absolute Gasteiger partial charge is 0.350 e. The highest BCUT2D eigenvalue weighted by atomic mass is 32.1. The first-order valence-corrected chi connectivity index (χ1v) is 9.75. The van der Waals surface area contributed by atoms with E-state index in [2.05, 4.69) is 20.6 Å². The van der Waals surface area contributed by atoms with Gasteiger partial charge in [0.1, 0.15) is 5.82 Å². The molecule has 3 rings (SSSR count). The van der Waals surface area contributed by atoms with E-state index < -0.39 is 0 Å². The molecule has 0 aliphatic carbocycles. The van der Waals surface area contributed by atoms with Gasteiger partial charge in [0.15, 0.2) is 10.5 Å². The summed E-state index contributed by atoms with van der Waals surface area (Å²) in [6.07, 6.45) is 0.538. The average Bonchev–Trinajstić information content (AvgIpc) is 3.03. The second-order valence-corrected chi connectivity index (χ2v) is 7.36. The van der Waals surface area contributed by atoms with Crippen molar-refractivity contribution < 1.29 is 4.79 Å². The van der Waals surface area contributed by atoms with Gasteiger partial charge in [0.25, 0.3) is 11.5 Å². The molecule has 0 saturated carbocycles. The van der Waals surface area contributed by atoms with Crippen LogP contribution in [0.2, 0.25) is 0 Å². The normalized spacial score (nSPS) is 11.3. The number of nitrogens with zero attached hydrogens (tertiary/aromatic N) is 4. The average molecular weight is 401 g/mol. The number of rotatable bonds is 7. The number of amides is 1. The predicted octanol–water partition coefficient (Wildman–Crippen LogP) is 2.30. The van der Waals surface area contributed by atoms with E-state index in [1.807, 2.05) is 25.3 Å². The molecule has 0 aliphatic heterocycles. The lowest BCUT2D eigenvalue weighted by atomic mass is 10.1. The van der Waals surface area contributed by atoms with Crippen LogP contribution in [-0.2, 0) is 19.5 Å². The summed E-state index contributed by atoms with van der Waals surface area (Å²) in [5.41, 5.74) is 0.0736. The van der Waals surface area contributed by atoms with Crippen molar-refractivity contribution in [3.05, 3.63) is 50.9 Å². The van der Waals surface area contributed by atoms with Crippen molar-refractivity contribution in [2.45, 2.75) is 40.3 Å². The van der Waals surface area contributed by atoms with Gasteiger partial charge < -0.3 is 9.88 Å². The second kappa shape index (κ2) is 8.47. The lowest BCUT2D eigenvalue weighted by Crippen LogP contribution is -2.32. The molecule has 0 radical (unpaired) electrons. The Morgan fingerprint density at radius 2 is 2.00 bits per heavy atom. The van der Waals surface area contributed by atoms with Crippen molar-refractivity contribution in [2.75, 3.05) is 6.54 Å². The summed E-state index contributed by atoms with van der Waals surface area (Å²) in [7, 11) is 0. The van der Waals surface area contributed by atoms with E-state index in [4.69, 9.17) is 12.2 Å². The highest BCUT2D eigenvalue weighted by molar-refractivity contribution is 7.71. The topological polar surface area (TPSA) is 97.6 Å². The smallest absolute Gasteiger partial charge is 0.274 e. The van der Waals surface area contributed by atoms with E-state index in [1.165, 1.54) is 4.68 Å². The van der Waals surface area contributed by atoms with Gasteiger partial charge in [-0.15, -0.1) is 0 Å². The van der Waals surface area contributed by atoms with E-state index in [0.29, 0.717) is 41.6 Å². The van der Waals surface area contributed by atoms with Crippen LogP contribution in [0.4, 0.5) is 0 Å². The Labute approximate surface area is 167 Å². The van der Waals surface area contributed by atoms with Gasteiger partial charge in [-0.1, -0.05) is 32.0 Å².